The molecule has 15 nitrogen and oxygen atoms in total. The van der Waals surface area contributed by atoms with Gasteiger partial charge in [-0.2, -0.15) is 0 Å². The van der Waals surface area contributed by atoms with E-state index in [1.165, 1.54) is 0 Å². The van der Waals surface area contributed by atoms with Gasteiger partial charge >= 0.3 is 23.9 Å². The summed E-state index contributed by atoms with van der Waals surface area (Å²) in [4.78, 5) is 81.3. The van der Waals surface area contributed by atoms with E-state index in [9.17, 15) is 33.6 Å². The van der Waals surface area contributed by atoms with E-state index in [0.29, 0.717) is 0 Å². The second-order valence-corrected chi connectivity index (χ2v) is 7.89. The fourth-order valence-electron chi connectivity index (χ4n) is 2.69. The predicted molar refractivity (Wildman–Crippen MR) is 112 cm³/mol. The highest BCUT2D eigenvalue weighted by atomic mass is 16.4. The molecule has 0 aliphatic heterocycles. The monoisotopic (exact) mass is 490 g/mol. The number of hydrogen-bond donors (Lipinski definition) is 8. The van der Waals surface area contributed by atoms with Gasteiger partial charge in [0.1, 0.15) is 18.1 Å². The Hall–Kier alpha value is -3.75. The second-order valence-electron chi connectivity index (χ2n) is 7.89. The van der Waals surface area contributed by atoms with Gasteiger partial charge in [-0.05, 0) is 18.8 Å². The van der Waals surface area contributed by atoms with E-state index >= 15 is 0 Å². The van der Waals surface area contributed by atoms with Gasteiger partial charge in [-0.3, -0.25) is 28.8 Å². The van der Waals surface area contributed by atoms with Crippen molar-refractivity contribution in [1.29, 1.82) is 0 Å². The smallest absolute Gasteiger partial charge is 0.326 e. The maximum atomic E-state index is 12.7. The Morgan fingerprint density at radius 1 is 0.676 bits per heavy atom. The second kappa shape index (κ2) is 14.4. The summed E-state index contributed by atoms with van der Waals surface area (Å²) in [6, 6.07) is -6.18. The predicted octanol–water partition coefficient (Wildman–Crippen LogP) is -2.29. The lowest BCUT2D eigenvalue weighted by molar-refractivity contribution is -0.147. The molecule has 0 fully saturated rings. The number of nitrogens with two attached hydrogens (primary N) is 1. The Bertz CT molecular complexity index is 799. The Morgan fingerprint density at radius 3 is 1.56 bits per heavy atom. The van der Waals surface area contributed by atoms with Crippen molar-refractivity contribution in [2.45, 2.75) is 70.1 Å². The van der Waals surface area contributed by atoms with E-state index in [4.69, 9.17) is 26.2 Å². The van der Waals surface area contributed by atoms with Gasteiger partial charge in [-0.25, -0.2) is 4.79 Å². The van der Waals surface area contributed by atoms with Crippen molar-refractivity contribution >= 4 is 41.6 Å². The van der Waals surface area contributed by atoms with Crippen LogP contribution in [0.5, 0.6) is 0 Å². The summed E-state index contributed by atoms with van der Waals surface area (Å²) < 4.78 is 0. The Morgan fingerprint density at radius 2 is 1.12 bits per heavy atom. The number of rotatable bonds is 16. The zero-order chi connectivity index (χ0) is 26.6. The Kier molecular flexibility index (Phi) is 12.8. The molecule has 3 amide bonds. The minimum Gasteiger partial charge on any atom is -0.481 e. The van der Waals surface area contributed by atoms with Gasteiger partial charge < -0.3 is 42.1 Å². The number of aliphatic carboxylic acids is 4. The quantitative estimate of drug-likeness (QED) is 0.114. The van der Waals surface area contributed by atoms with Crippen LogP contribution in [0, 0.1) is 5.92 Å². The first-order valence-electron chi connectivity index (χ1n) is 10.2. The van der Waals surface area contributed by atoms with Crippen LogP contribution in [0.4, 0.5) is 0 Å². The van der Waals surface area contributed by atoms with E-state index < -0.39 is 85.0 Å². The van der Waals surface area contributed by atoms with Gasteiger partial charge in [-0.1, -0.05) is 13.8 Å². The van der Waals surface area contributed by atoms with Crippen molar-refractivity contribution in [2.75, 3.05) is 0 Å². The molecule has 34 heavy (non-hydrogen) atoms. The van der Waals surface area contributed by atoms with E-state index in [2.05, 4.69) is 10.6 Å². The van der Waals surface area contributed by atoms with Crippen LogP contribution in [-0.2, 0) is 33.6 Å². The summed E-state index contributed by atoms with van der Waals surface area (Å²) in [5.41, 5.74) is 5.56. The molecule has 4 unspecified atom stereocenters. The van der Waals surface area contributed by atoms with E-state index in [1.54, 1.807) is 13.8 Å². The van der Waals surface area contributed by atoms with Crippen LogP contribution < -0.4 is 21.7 Å². The molecule has 9 N–H and O–H groups in total. The lowest BCUT2D eigenvalue weighted by atomic mass is 10.0. The first-order chi connectivity index (χ1) is 15.6. The van der Waals surface area contributed by atoms with Gasteiger partial charge in [0.25, 0.3) is 0 Å². The first kappa shape index (κ1) is 30.2. The fourth-order valence-corrected chi connectivity index (χ4v) is 2.69. The van der Waals surface area contributed by atoms with Gasteiger partial charge in [0, 0.05) is 6.42 Å². The van der Waals surface area contributed by atoms with Gasteiger partial charge in [0.05, 0.1) is 18.9 Å². The molecule has 0 aliphatic carbocycles. The summed E-state index contributed by atoms with van der Waals surface area (Å²) in [5, 5.41) is 42.0. The Balaban J connectivity index is 5.52. The standard InChI is InChI=1S/C19H30N4O11/c1-8(2)5-10(17(31)23-12(19(33)34)7-15(28)29)22-18(32)11(6-14(26)27)21-16(30)9(20)3-4-13(24)25/h8-12H,3-7,20H2,1-2H3,(H,21,30)(H,22,32)(H,23,31)(H,24,25)(H,26,27)(H,28,29)(H,33,34). The van der Waals surface area contributed by atoms with Crippen LogP contribution in [0.15, 0.2) is 0 Å². The largest absolute Gasteiger partial charge is 0.481 e. The van der Waals surface area contributed by atoms with Crippen LogP contribution in [0.25, 0.3) is 0 Å². The van der Waals surface area contributed by atoms with E-state index in [-0.39, 0.29) is 18.8 Å². The fraction of sp³-hybridized carbons (Fsp3) is 0.632. The molecule has 0 aliphatic rings. The minimum absolute atomic E-state index is 0.0250. The van der Waals surface area contributed by atoms with E-state index in [1.807, 2.05) is 5.32 Å². The molecule has 0 saturated heterocycles. The third kappa shape index (κ3) is 12.3. The average molecular weight is 490 g/mol. The zero-order valence-corrected chi connectivity index (χ0v) is 18.6. The maximum absolute atomic E-state index is 12.7. The van der Waals surface area contributed by atoms with Crippen molar-refractivity contribution in [1.82, 2.24) is 16.0 Å². The number of hydrogen-bond acceptors (Lipinski definition) is 8. The highest BCUT2D eigenvalue weighted by molar-refractivity contribution is 5.96. The average Bonchev–Trinajstić information content (AvgIpc) is 2.68. The molecule has 0 saturated carbocycles. The maximum Gasteiger partial charge on any atom is 0.326 e. The summed E-state index contributed by atoms with van der Waals surface area (Å²) >= 11 is 0. The molecular formula is C19H30N4O11. The number of carboxylic acids is 4. The van der Waals surface area contributed by atoms with Crippen LogP contribution in [0.1, 0.15) is 46.0 Å². The molecule has 0 heterocycles. The lowest BCUT2D eigenvalue weighted by Crippen LogP contribution is -2.57. The van der Waals surface area contributed by atoms with Gasteiger partial charge in [-0.15, -0.1) is 0 Å². The lowest BCUT2D eigenvalue weighted by Gasteiger charge is -2.25. The van der Waals surface area contributed by atoms with Gasteiger partial charge in [0.15, 0.2) is 0 Å². The third-order valence-electron chi connectivity index (χ3n) is 4.35. The molecular weight excluding hydrogens is 460 g/mol. The number of carboxylic acid groups (broad SMARTS) is 4. The zero-order valence-electron chi connectivity index (χ0n) is 18.6. The molecule has 15 heteroatoms. The number of carbonyl (C=O) groups is 7. The van der Waals surface area contributed by atoms with Crippen molar-refractivity contribution in [3.05, 3.63) is 0 Å². The van der Waals surface area contributed by atoms with Crippen LogP contribution >= 0.6 is 0 Å². The van der Waals surface area contributed by atoms with Crippen LogP contribution in [0.3, 0.4) is 0 Å². The highest BCUT2D eigenvalue weighted by Gasteiger charge is 2.32. The van der Waals surface area contributed by atoms with Crippen molar-refractivity contribution in [2.24, 2.45) is 11.7 Å². The van der Waals surface area contributed by atoms with Crippen molar-refractivity contribution < 1.29 is 54.0 Å². The normalized spacial score (nSPS) is 14.2. The summed E-state index contributed by atoms with van der Waals surface area (Å²) in [6.45, 7) is 3.35. The van der Waals surface area contributed by atoms with Crippen molar-refractivity contribution in [3.8, 4) is 0 Å². The molecule has 0 radical (unpaired) electrons. The number of nitrogens with one attached hydrogen (secondary N) is 3. The summed E-state index contributed by atoms with van der Waals surface area (Å²) in [7, 11) is 0. The molecule has 0 spiro atoms. The molecule has 0 aromatic carbocycles. The third-order valence-corrected chi connectivity index (χ3v) is 4.35. The van der Waals surface area contributed by atoms with E-state index in [0.717, 1.165) is 0 Å². The summed E-state index contributed by atoms with van der Waals surface area (Å²) in [5.74, 6) is -9.10. The molecule has 0 aromatic heterocycles. The molecule has 0 aromatic rings. The molecule has 0 rings (SSSR count). The van der Waals surface area contributed by atoms with Crippen LogP contribution in [-0.4, -0.2) is 86.2 Å². The molecule has 4 atom stereocenters. The summed E-state index contributed by atoms with van der Waals surface area (Å²) in [6.07, 6.45) is -2.56. The SMILES string of the molecule is CC(C)CC(NC(=O)C(CC(=O)O)NC(=O)C(N)CCC(=O)O)C(=O)NC(CC(=O)O)C(=O)O. The highest BCUT2D eigenvalue weighted by Crippen LogP contribution is 2.08. The van der Waals surface area contributed by atoms with Gasteiger partial charge in [0.2, 0.25) is 17.7 Å². The number of carbonyl (C=O) groups excluding carboxylic acids is 3. The first-order valence-corrected chi connectivity index (χ1v) is 10.2. The number of amides is 3. The van der Waals surface area contributed by atoms with Crippen molar-refractivity contribution in [3.63, 3.8) is 0 Å². The molecule has 0 bridgehead atoms. The topological polar surface area (TPSA) is 263 Å². The Labute approximate surface area is 194 Å². The van der Waals surface area contributed by atoms with Crippen LogP contribution in [0.2, 0.25) is 0 Å². The molecule has 192 valence electrons. The minimum atomic E-state index is -1.78.